The summed E-state index contributed by atoms with van der Waals surface area (Å²) in [6.45, 7) is 0. The van der Waals surface area contributed by atoms with Gasteiger partial charge in [-0.25, -0.2) is 8.42 Å². The number of hydrogen-bond donors (Lipinski definition) is 0. The van der Waals surface area contributed by atoms with Crippen LogP contribution in [-0.4, -0.2) is 24.6 Å². The van der Waals surface area contributed by atoms with E-state index in [0.29, 0.717) is 19.3 Å². The molecule has 25 heavy (non-hydrogen) atoms. The molecule has 0 amide bonds. The molecule has 1 aliphatic rings. The van der Waals surface area contributed by atoms with Crippen molar-refractivity contribution in [3.05, 3.63) is 65.2 Å². The molecular formula is C19H20ClNO3S. The molecule has 0 N–H and O–H groups in total. The molecule has 0 fully saturated rings. The minimum Gasteiger partial charge on any atom is -0.303 e. The SMILES string of the molecule is O=CCCc1cccc2c1CCC(N(Cl)S(=O)(=O)c1ccccc1)C2. The third kappa shape index (κ3) is 3.78. The van der Waals surface area contributed by atoms with E-state index < -0.39 is 10.0 Å². The van der Waals surface area contributed by atoms with Crippen molar-refractivity contribution in [3.63, 3.8) is 0 Å². The summed E-state index contributed by atoms with van der Waals surface area (Å²) in [5.74, 6) is 0. The maximum absolute atomic E-state index is 12.7. The molecule has 0 radical (unpaired) electrons. The van der Waals surface area contributed by atoms with Crippen LogP contribution in [-0.2, 0) is 34.1 Å². The second kappa shape index (κ2) is 7.68. The van der Waals surface area contributed by atoms with E-state index in [4.69, 9.17) is 11.8 Å². The number of sulfonamides is 1. The van der Waals surface area contributed by atoms with Crippen LogP contribution in [0.25, 0.3) is 0 Å². The van der Waals surface area contributed by atoms with E-state index in [-0.39, 0.29) is 10.9 Å². The summed E-state index contributed by atoms with van der Waals surface area (Å²) in [4.78, 5) is 10.8. The van der Waals surface area contributed by atoms with Crippen molar-refractivity contribution >= 4 is 28.1 Å². The number of halogens is 1. The third-order valence-corrected chi connectivity index (χ3v) is 7.09. The van der Waals surface area contributed by atoms with Gasteiger partial charge >= 0.3 is 0 Å². The lowest BCUT2D eigenvalue weighted by Crippen LogP contribution is -2.37. The zero-order valence-electron chi connectivity index (χ0n) is 13.8. The van der Waals surface area contributed by atoms with Gasteiger partial charge in [0.1, 0.15) is 6.29 Å². The number of carbonyl (C=O) groups is 1. The summed E-state index contributed by atoms with van der Waals surface area (Å²) >= 11 is 6.27. The van der Waals surface area contributed by atoms with Crippen molar-refractivity contribution in [2.45, 2.75) is 43.0 Å². The van der Waals surface area contributed by atoms with E-state index in [1.54, 1.807) is 30.3 Å². The van der Waals surface area contributed by atoms with E-state index in [9.17, 15) is 13.2 Å². The summed E-state index contributed by atoms with van der Waals surface area (Å²) in [6, 6.07) is 14.0. The smallest absolute Gasteiger partial charge is 0.256 e. The number of aldehydes is 1. The van der Waals surface area contributed by atoms with Crippen LogP contribution in [0.5, 0.6) is 0 Å². The Hall–Kier alpha value is -1.69. The molecule has 2 aromatic carbocycles. The highest BCUT2D eigenvalue weighted by Gasteiger charge is 2.33. The highest BCUT2D eigenvalue weighted by Crippen LogP contribution is 2.31. The molecule has 2 aromatic rings. The zero-order chi connectivity index (χ0) is 17.9. The number of benzene rings is 2. The zero-order valence-corrected chi connectivity index (χ0v) is 15.3. The molecule has 0 saturated heterocycles. The van der Waals surface area contributed by atoms with E-state index in [1.165, 1.54) is 11.1 Å². The maximum atomic E-state index is 12.7. The number of aryl methyl sites for hydroxylation is 1. The molecule has 0 spiro atoms. The van der Waals surface area contributed by atoms with Gasteiger partial charge in [-0.3, -0.25) is 0 Å². The van der Waals surface area contributed by atoms with Crippen LogP contribution in [0.15, 0.2) is 53.4 Å². The average molecular weight is 378 g/mol. The number of fused-ring (bicyclic) bond motifs is 1. The molecule has 3 rings (SSSR count). The van der Waals surface area contributed by atoms with Crippen molar-refractivity contribution in [2.24, 2.45) is 0 Å². The Labute approximate surface area is 153 Å². The summed E-state index contributed by atoms with van der Waals surface area (Å²) in [5.41, 5.74) is 3.53. The van der Waals surface area contributed by atoms with Gasteiger partial charge < -0.3 is 4.79 Å². The topological polar surface area (TPSA) is 54.5 Å². The predicted molar refractivity (Wildman–Crippen MR) is 98.0 cm³/mol. The van der Waals surface area contributed by atoms with Crippen molar-refractivity contribution in [3.8, 4) is 0 Å². The predicted octanol–water partition coefficient (Wildman–Crippen LogP) is 3.52. The molecule has 0 aromatic heterocycles. The Bertz CT molecular complexity index is 852. The van der Waals surface area contributed by atoms with Crippen LogP contribution in [0.4, 0.5) is 0 Å². The first-order valence-corrected chi connectivity index (χ1v) is 10.1. The lowest BCUT2D eigenvalue weighted by Gasteiger charge is -2.30. The van der Waals surface area contributed by atoms with Gasteiger partial charge in [0.05, 0.1) is 4.90 Å². The molecule has 0 heterocycles. The van der Waals surface area contributed by atoms with Gasteiger partial charge in [0.25, 0.3) is 10.0 Å². The third-order valence-electron chi connectivity index (χ3n) is 4.64. The van der Waals surface area contributed by atoms with Crippen molar-refractivity contribution in [1.82, 2.24) is 3.82 Å². The van der Waals surface area contributed by atoms with Crippen LogP contribution in [0.3, 0.4) is 0 Å². The fraction of sp³-hybridized carbons (Fsp3) is 0.316. The quantitative estimate of drug-likeness (QED) is 0.571. The lowest BCUT2D eigenvalue weighted by molar-refractivity contribution is -0.107. The van der Waals surface area contributed by atoms with Gasteiger partial charge in [-0.1, -0.05) is 36.4 Å². The Morgan fingerprint density at radius 3 is 2.60 bits per heavy atom. The number of nitrogens with zero attached hydrogens (tertiary/aromatic N) is 1. The lowest BCUT2D eigenvalue weighted by atomic mass is 9.85. The summed E-state index contributed by atoms with van der Waals surface area (Å²) in [5, 5.41) is 0. The molecule has 132 valence electrons. The first-order chi connectivity index (χ1) is 12.0. The molecule has 0 bridgehead atoms. The molecule has 6 heteroatoms. The second-order valence-corrected chi connectivity index (χ2v) is 8.60. The molecule has 1 unspecified atom stereocenters. The van der Waals surface area contributed by atoms with E-state index in [2.05, 4.69) is 0 Å². The van der Waals surface area contributed by atoms with E-state index in [1.807, 2.05) is 18.2 Å². The summed E-state index contributed by atoms with van der Waals surface area (Å²) in [7, 11) is -3.71. The van der Waals surface area contributed by atoms with Crippen LogP contribution >= 0.6 is 11.8 Å². The van der Waals surface area contributed by atoms with Gasteiger partial charge in [-0.2, -0.15) is 0 Å². The van der Waals surface area contributed by atoms with Crippen molar-refractivity contribution in [2.75, 3.05) is 0 Å². The molecule has 4 nitrogen and oxygen atoms in total. The van der Waals surface area contributed by atoms with Crippen LogP contribution in [0, 0.1) is 0 Å². The maximum Gasteiger partial charge on any atom is 0.256 e. The number of hydrogen-bond acceptors (Lipinski definition) is 3. The Morgan fingerprint density at radius 2 is 1.88 bits per heavy atom. The Balaban J connectivity index is 1.82. The van der Waals surface area contributed by atoms with Gasteiger partial charge in [-0.15, -0.1) is 3.82 Å². The van der Waals surface area contributed by atoms with Crippen molar-refractivity contribution in [1.29, 1.82) is 0 Å². The van der Waals surface area contributed by atoms with E-state index >= 15 is 0 Å². The molecule has 0 saturated carbocycles. The Morgan fingerprint density at radius 1 is 1.12 bits per heavy atom. The monoisotopic (exact) mass is 377 g/mol. The molecular weight excluding hydrogens is 358 g/mol. The molecule has 1 atom stereocenters. The van der Waals surface area contributed by atoms with Crippen LogP contribution < -0.4 is 0 Å². The fourth-order valence-corrected chi connectivity index (χ4v) is 5.06. The number of rotatable bonds is 6. The highest BCUT2D eigenvalue weighted by atomic mass is 35.5. The highest BCUT2D eigenvalue weighted by molar-refractivity contribution is 7.90. The minimum atomic E-state index is -3.71. The minimum absolute atomic E-state index is 0.204. The van der Waals surface area contributed by atoms with Gasteiger partial charge in [-0.05, 0) is 66.3 Å². The van der Waals surface area contributed by atoms with Gasteiger partial charge in [0, 0.05) is 12.5 Å². The van der Waals surface area contributed by atoms with Gasteiger partial charge in [0.15, 0.2) is 0 Å². The van der Waals surface area contributed by atoms with Gasteiger partial charge in [0.2, 0.25) is 0 Å². The average Bonchev–Trinajstić information content (AvgIpc) is 2.65. The van der Waals surface area contributed by atoms with E-state index in [0.717, 1.165) is 28.5 Å². The first-order valence-electron chi connectivity index (χ1n) is 8.32. The van der Waals surface area contributed by atoms with Crippen LogP contribution in [0.1, 0.15) is 29.5 Å². The largest absolute Gasteiger partial charge is 0.303 e. The second-order valence-electron chi connectivity index (χ2n) is 6.22. The molecule has 1 aliphatic carbocycles. The summed E-state index contributed by atoms with van der Waals surface area (Å²) < 4.78 is 26.4. The van der Waals surface area contributed by atoms with Crippen molar-refractivity contribution < 1.29 is 13.2 Å². The normalized spacial score (nSPS) is 17.3. The number of carbonyl (C=O) groups excluding carboxylic acids is 1. The summed E-state index contributed by atoms with van der Waals surface area (Å²) in [6.07, 6.45) is 4.18. The standard InChI is InChI=1S/C19H20ClNO3S/c20-21(25(23,24)18-9-2-1-3-10-18)17-11-12-19-15(8-5-13-22)6-4-7-16(19)14-17/h1-4,6-7,9-10,13,17H,5,8,11-12,14H2. The fourth-order valence-electron chi connectivity index (χ4n) is 3.38. The molecule has 0 aliphatic heterocycles. The Kier molecular flexibility index (Phi) is 5.57. The van der Waals surface area contributed by atoms with Crippen LogP contribution in [0.2, 0.25) is 0 Å². The first kappa shape index (κ1) is 18.1.